The topological polar surface area (TPSA) is 27.1 Å². The molecule has 20 heavy (non-hydrogen) atoms. The number of nitrogens with zero attached hydrogens (tertiary/aromatic N) is 2. The highest BCUT2D eigenvalue weighted by Gasteiger charge is 2.21. The first-order valence-corrected chi connectivity index (χ1v) is 8.12. The zero-order valence-corrected chi connectivity index (χ0v) is 14.4. The molecule has 2 rings (SSSR count). The van der Waals surface area contributed by atoms with Gasteiger partial charge in [0.05, 0.1) is 23.7 Å². The lowest BCUT2D eigenvalue weighted by atomic mass is 10.0. The molecule has 0 amide bonds. The Hall–Kier alpha value is -0.580. The lowest BCUT2D eigenvalue weighted by Crippen LogP contribution is -2.22. The SMILES string of the molecule is COCC(C(C)C)n1c(CCCl)nc2cc(Br)ccc21. The van der Waals surface area contributed by atoms with Crippen LogP contribution >= 0.6 is 27.5 Å². The average Bonchev–Trinajstić information content (AvgIpc) is 2.73. The molecule has 0 aliphatic rings. The van der Waals surface area contributed by atoms with E-state index in [0.29, 0.717) is 18.4 Å². The van der Waals surface area contributed by atoms with Crippen LogP contribution in [0.25, 0.3) is 11.0 Å². The number of fused-ring (bicyclic) bond motifs is 1. The number of ether oxygens (including phenoxy) is 1. The van der Waals surface area contributed by atoms with E-state index in [2.05, 4.69) is 46.5 Å². The number of imidazole rings is 1. The van der Waals surface area contributed by atoms with Crippen LogP contribution in [0.4, 0.5) is 0 Å². The fourth-order valence-electron chi connectivity index (χ4n) is 2.49. The maximum atomic E-state index is 5.93. The van der Waals surface area contributed by atoms with E-state index in [1.54, 1.807) is 7.11 Å². The Bertz CT molecular complexity index is 583. The zero-order chi connectivity index (χ0) is 14.7. The predicted molar refractivity (Wildman–Crippen MR) is 87.6 cm³/mol. The van der Waals surface area contributed by atoms with Gasteiger partial charge in [0.1, 0.15) is 5.82 Å². The van der Waals surface area contributed by atoms with Crippen LogP contribution in [-0.4, -0.2) is 29.1 Å². The molecule has 1 aromatic carbocycles. The van der Waals surface area contributed by atoms with Crippen molar-refractivity contribution in [2.45, 2.75) is 26.3 Å². The number of hydrogen-bond donors (Lipinski definition) is 0. The molecule has 0 spiro atoms. The summed E-state index contributed by atoms with van der Waals surface area (Å²) in [5.74, 6) is 2.07. The molecule has 1 atom stereocenters. The molecule has 0 saturated heterocycles. The van der Waals surface area contributed by atoms with Crippen molar-refractivity contribution < 1.29 is 4.74 Å². The normalized spacial score (nSPS) is 13.3. The molecule has 2 aromatic rings. The molecule has 0 saturated carbocycles. The van der Waals surface area contributed by atoms with E-state index in [1.165, 1.54) is 0 Å². The van der Waals surface area contributed by atoms with Crippen molar-refractivity contribution in [2.24, 2.45) is 5.92 Å². The van der Waals surface area contributed by atoms with Crippen LogP contribution in [0, 0.1) is 5.92 Å². The van der Waals surface area contributed by atoms with Crippen LogP contribution < -0.4 is 0 Å². The molecule has 1 heterocycles. The van der Waals surface area contributed by atoms with Crippen LogP contribution in [0.2, 0.25) is 0 Å². The molecule has 0 radical (unpaired) electrons. The van der Waals surface area contributed by atoms with E-state index >= 15 is 0 Å². The summed E-state index contributed by atoms with van der Waals surface area (Å²) in [6.45, 7) is 5.09. The van der Waals surface area contributed by atoms with Crippen molar-refractivity contribution in [3.8, 4) is 0 Å². The van der Waals surface area contributed by atoms with Crippen LogP contribution in [0.5, 0.6) is 0 Å². The highest BCUT2D eigenvalue weighted by atomic mass is 79.9. The third-order valence-electron chi connectivity index (χ3n) is 3.48. The Labute approximate surface area is 133 Å². The average molecular weight is 360 g/mol. The van der Waals surface area contributed by atoms with Crippen molar-refractivity contribution in [1.82, 2.24) is 9.55 Å². The van der Waals surface area contributed by atoms with Crippen LogP contribution in [0.15, 0.2) is 22.7 Å². The highest BCUT2D eigenvalue weighted by Crippen LogP contribution is 2.28. The van der Waals surface area contributed by atoms with Crippen molar-refractivity contribution in [3.05, 3.63) is 28.5 Å². The number of methoxy groups -OCH3 is 1. The Kier molecular flexibility index (Phi) is 5.47. The summed E-state index contributed by atoms with van der Waals surface area (Å²) < 4.78 is 8.74. The maximum Gasteiger partial charge on any atom is 0.111 e. The van der Waals surface area contributed by atoms with E-state index < -0.39 is 0 Å². The van der Waals surface area contributed by atoms with E-state index in [0.717, 1.165) is 27.8 Å². The Morgan fingerprint density at radius 2 is 2.15 bits per heavy atom. The summed E-state index contributed by atoms with van der Waals surface area (Å²) in [4.78, 5) is 4.74. The van der Waals surface area contributed by atoms with Gasteiger partial charge in [0, 0.05) is 23.9 Å². The number of benzene rings is 1. The van der Waals surface area contributed by atoms with E-state index in [-0.39, 0.29) is 6.04 Å². The van der Waals surface area contributed by atoms with Crippen LogP contribution in [-0.2, 0) is 11.2 Å². The Morgan fingerprint density at radius 1 is 1.40 bits per heavy atom. The summed E-state index contributed by atoms with van der Waals surface area (Å²) in [6, 6.07) is 6.47. The van der Waals surface area contributed by atoms with Crippen molar-refractivity contribution >= 4 is 38.6 Å². The standard InChI is InChI=1S/C15H20BrClN2O/c1-10(2)14(9-20-3)19-13-5-4-11(16)8-12(13)18-15(19)6-7-17/h4-5,8,10,14H,6-7,9H2,1-3H3. The van der Waals surface area contributed by atoms with Gasteiger partial charge in [-0.05, 0) is 24.1 Å². The second-order valence-corrected chi connectivity index (χ2v) is 6.53. The largest absolute Gasteiger partial charge is 0.383 e. The third-order valence-corrected chi connectivity index (χ3v) is 4.16. The quantitative estimate of drug-likeness (QED) is 0.714. The van der Waals surface area contributed by atoms with Gasteiger partial charge >= 0.3 is 0 Å². The van der Waals surface area contributed by atoms with Gasteiger partial charge in [-0.1, -0.05) is 29.8 Å². The first-order chi connectivity index (χ1) is 9.58. The molecule has 0 fully saturated rings. The van der Waals surface area contributed by atoms with Crippen LogP contribution in [0.3, 0.4) is 0 Å². The van der Waals surface area contributed by atoms with Gasteiger partial charge in [-0.25, -0.2) is 4.98 Å². The second-order valence-electron chi connectivity index (χ2n) is 5.24. The van der Waals surface area contributed by atoms with Crippen molar-refractivity contribution in [1.29, 1.82) is 0 Å². The molecule has 3 nitrogen and oxygen atoms in total. The minimum atomic E-state index is 0.268. The van der Waals surface area contributed by atoms with Crippen molar-refractivity contribution in [2.75, 3.05) is 19.6 Å². The first kappa shape index (κ1) is 15.8. The molecular weight excluding hydrogens is 340 g/mol. The molecule has 0 N–H and O–H groups in total. The second kappa shape index (κ2) is 6.92. The number of rotatable bonds is 6. The summed E-state index contributed by atoms with van der Waals surface area (Å²) in [5.41, 5.74) is 2.14. The Morgan fingerprint density at radius 3 is 2.75 bits per heavy atom. The maximum absolute atomic E-state index is 5.93. The molecule has 0 aliphatic heterocycles. The minimum absolute atomic E-state index is 0.268. The zero-order valence-electron chi connectivity index (χ0n) is 12.1. The number of aromatic nitrogens is 2. The van der Waals surface area contributed by atoms with Gasteiger partial charge in [0.15, 0.2) is 0 Å². The summed E-state index contributed by atoms with van der Waals surface area (Å²) in [5, 5.41) is 0. The van der Waals surface area contributed by atoms with Gasteiger partial charge in [-0.2, -0.15) is 0 Å². The van der Waals surface area contributed by atoms with Crippen molar-refractivity contribution in [3.63, 3.8) is 0 Å². The van der Waals surface area contributed by atoms with E-state index in [4.69, 9.17) is 21.3 Å². The number of halogens is 2. The Balaban J connectivity index is 2.60. The molecule has 5 heteroatoms. The molecular formula is C15H20BrClN2O. The van der Waals surface area contributed by atoms with Gasteiger partial charge in [-0.3, -0.25) is 0 Å². The highest BCUT2D eigenvalue weighted by molar-refractivity contribution is 9.10. The predicted octanol–water partition coefficient (Wildman–Crippen LogP) is 4.42. The fraction of sp³-hybridized carbons (Fsp3) is 0.533. The number of aryl methyl sites for hydroxylation is 1. The fourth-order valence-corrected chi connectivity index (χ4v) is 3.01. The van der Waals surface area contributed by atoms with Gasteiger partial charge in [0.25, 0.3) is 0 Å². The monoisotopic (exact) mass is 358 g/mol. The molecule has 1 unspecified atom stereocenters. The molecule has 1 aromatic heterocycles. The van der Waals surface area contributed by atoms with E-state index in [1.807, 2.05) is 6.07 Å². The third kappa shape index (κ3) is 3.18. The number of alkyl halides is 1. The van der Waals surface area contributed by atoms with E-state index in [9.17, 15) is 0 Å². The molecule has 110 valence electrons. The van der Waals surface area contributed by atoms with Gasteiger partial charge in [-0.15, -0.1) is 11.6 Å². The lowest BCUT2D eigenvalue weighted by Gasteiger charge is -2.24. The van der Waals surface area contributed by atoms with Crippen LogP contribution in [0.1, 0.15) is 25.7 Å². The van der Waals surface area contributed by atoms with Gasteiger partial charge in [0.2, 0.25) is 0 Å². The van der Waals surface area contributed by atoms with Gasteiger partial charge < -0.3 is 9.30 Å². The molecule has 0 bridgehead atoms. The summed E-state index contributed by atoms with van der Waals surface area (Å²) in [6.07, 6.45) is 0.765. The summed E-state index contributed by atoms with van der Waals surface area (Å²) >= 11 is 9.44. The smallest absolute Gasteiger partial charge is 0.111 e. The number of hydrogen-bond acceptors (Lipinski definition) is 2. The minimum Gasteiger partial charge on any atom is -0.383 e. The molecule has 0 aliphatic carbocycles. The first-order valence-electron chi connectivity index (χ1n) is 6.79. The lowest BCUT2D eigenvalue weighted by molar-refractivity contribution is 0.133. The summed E-state index contributed by atoms with van der Waals surface area (Å²) in [7, 11) is 1.74.